The van der Waals surface area contributed by atoms with E-state index in [1.807, 2.05) is 6.07 Å². The summed E-state index contributed by atoms with van der Waals surface area (Å²) in [5, 5.41) is 3.16. The molecule has 5 N–H and O–H groups in total. The highest BCUT2D eigenvalue weighted by Gasteiger charge is 2.14. The quantitative estimate of drug-likeness (QED) is 0.741. The molecule has 0 atom stereocenters. The Morgan fingerprint density at radius 3 is 2.52 bits per heavy atom. The van der Waals surface area contributed by atoms with Gasteiger partial charge < -0.3 is 11.5 Å². The number of nitrogens with one attached hydrogen (secondary N) is 1. The van der Waals surface area contributed by atoms with Crippen LogP contribution in [0.25, 0.3) is 0 Å². The predicted octanol–water partition coefficient (Wildman–Crippen LogP) is 2.39. The molecule has 0 fully saturated rings. The zero-order chi connectivity index (χ0) is 15.4. The van der Waals surface area contributed by atoms with Crippen LogP contribution in [0.15, 0.2) is 30.3 Å². The highest BCUT2D eigenvalue weighted by Crippen LogP contribution is 2.27. The second-order valence-corrected chi connectivity index (χ2v) is 5.40. The lowest BCUT2D eigenvalue weighted by Crippen LogP contribution is -2.21. The summed E-state index contributed by atoms with van der Waals surface area (Å²) in [6, 6.07) is 7.86. The standard InChI is InChI=1S/C14H10ClN3O2S/c15-11-4-2-1-3-8(11)5-6-9-7-10(12(16)19)13(21-9)18-14(17)20/h1-4,7H,(H2,16,19)(H3,17,18,20). The second kappa shape index (κ2) is 6.31. The lowest BCUT2D eigenvalue weighted by Gasteiger charge is -1.98. The highest BCUT2D eigenvalue weighted by molar-refractivity contribution is 7.17. The van der Waals surface area contributed by atoms with Gasteiger partial charge in [-0.1, -0.05) is 35.6 Å². The van der Waals surface area contributed by atoms with Gasteiger partial charge in [0.1, 0.15) is 5.00 Å². The number of anilines is 1. The van der Waals surface area contributed by atoms with Gasteiger partial charge in [-0.05, 0) is 18.2 Å². The number of nitrogens with two attached hydrogens (primary N) is 2. The average Bonchev–Trinajstić information content (AvgIpc) is 2.80. The summed E-state index contributed by atoms with van der Waals surface area (Å²) >= 11 is 7.11. The van der Waals surface area contributed by atoms with Crippen molar-refractivity contribution in [2.75, 3.05) is 5.32 Å². The van der Waals surface area contributed by atoms with Crippen molar-refractivity contribution in [1.29, 1.82) is 0 Å². The first kappa shape index (κ1) is 14.9. The van der Waals surface area contributed by atoms with Crippen molar-refractivity contribution in [3.05, 3.63) is 51.4 Å². The van der Waals surface area contributed by atoms with Crippen LogP contribution in [0.1, 0.15) is 20.8 Å². The van der Waals surface area contributed by atoms with E-state index in [1.54, 1.807) is 18.2 Å². The fourth-order valence-corrected chi connectivity index (χ4v) is 2.63. The first-order valence-electron chi connectivity index (χ1n) is 5.74. The molecule has 21 heavy (non-hydrogen) atoms. The van der Waals surface area contributed by atoms with E-state index in [-0.39, 0.29) is 10.6 Å². The fourth-order valence-electron chi connectivity index (χ4n) is 1.53. The lowest BCUT2D eigenvalue weighted by molar-refractivity contribution is 0.100. The van der Waals surface area contributed by atoms with Crippen LogP contribution in [0.2, 0.25) is 5.02 Å². The smallest absolute Gasteiger partial charge is 0.317 e. The number of amides is 3. The Kier molecular flexibility index (Phi) is 4.48. The van der Waals surface area contributed by atoms with Crippen molar-refractivity contribution >= 4 is 39.9 Å². The first-order chi connectivity index (χ1) is 9.97. The van der Waals surface area contributed by atoms with Crippen LogP contribution in [0.3, 0.4) is 0 Å². The van der Waals surface area contributed by atoms with Gasteiger partial charge in [0.05, 0.1) is 15.5 Å². The minimum atomic E-state index is -0.773. The van der Waals surface area contributed by atoms with Gasteiger partial charge in [0.25, 0.3) is 5.91 Å². The van der Waals surface area contributed by atoms with Crippen LogP contribution in [-0.4, -0.2) is 11.9 Å². The van der Waals surface area contributed by atoms with Gasteiger partial charge in [0.15, 0.2) is 0 Å². The average molecular weight is 320 g/mol. The molecule has 0 aliphatic heterocycles. The minimum Gasteiger partial charge on any atom is -0.366 e. The molecule has 0 saturated heterocycles. The zero-order valence-corrected chi connectivity index (χ0v) is 12.2. The third kappa shape index (κ3) is 3.75. The van der Waals surface area contributed by atoms with Crippen LogP contribution < -0.4 is 16.8 Å². The minimum absolute atomic E-state index is 0.169. The number of thiophene rings is 1. The van der Waals surface area contributed by atoms with E-state index in [1.165, 1.54) is 6.07 Å². The molecule has 3 amide bonds. The summed E-state index contributed by atoms with van der Waals surface area (Å²) < 4.78 is 0. The van der Waals surface area contributed by atoms with Gasteiger partial charge >= 0.3 is 6.03 Å². The number of rotatable bonds is 2. The fraction of sp³-hybridized carbons (Fsp3) is 0. The van der Waals surface area contributed by atoms with E-state index in [9.17, 15) is 9.59 Å². The summed E-state index contributed by atoms with van der Waals surface area (Å²) in [7, 11) is 0. The number of carbonyl (C=O) groups is 2. The SMILES string of the molecule is NC(=O)Nc1sc(C#Cc2ccccc2Cl)cc1C(N)=O. The summed E-state index contributed by atoms with van der Waals surface area (Å²) in [6.45, 7) is 0. The Hall–Kier alpha value is -2.49. The second-order valence-electron chi connectivity index (χ2n) is 3.94. The van der Waals surface area contributed by atoms with E-state index >= 15 is 0 Å². The number of halogens is 1. The molecule has 2 aromatic rings. The highest BCUT2D eigenvalue weighted by atomic mass is 35.5. The monoisotopic (exact) mass is 319 g/mol. The molecule has 0 aliphatic rings. The zero-order valence-electron chi connectivity index (χ0n) is 10.6. The van der Waals surface area contributed by atoms with E-state index < -0.39 is 11.9 Å². The van der Waals surface area contributed by atoms with Crippen molar-refractivity contribution in [2.45, 2.75) is 0 Å². The maximum absolute atomic E-state index is 11.3. The van der Waals surface area contributed by atoms with Gasteiger partial charge in [0, 0.05) is 5.56 Å². The van der Waals surface area contributed by atoms with Crippen LogP contribution in [0.5, 0.6) is 0 Å². The van der Waals surface area contributed by atoms with Crippen molar-refractivity contribution < 1.29 is 9.59 Å². The number of hydrogen-bond donors (Lipinski definition) is 3. The molecule has 106 valence electrons. The van der Waals surface area contributed by atoms with Crippen LogP contribution in [-0.2, 0) is 0 Å². The number of carbonyl (C=O) groups excluding carboxylic acids is 2. The number of benzene rings is 1. The Bertz CT molecular complexity index is 774. The molecule has 0 bridgehead atoms. The van der Waals surface area contributed by atoms with Crippen molar-refractivity contribution in [3.8, 4) is 11.8 Å². The maximum Gasteiger partial charge on any atom is 0.317 e. The summed E-state index contributed by atoms with van der Waals surface area (Å²) in [6.07, 6.45) is 0. The summed E-state index contributed by atoms with van der Waals surface area (Å²) in [5.41, 5.74) is 11.1. The molecule has 0 spiro atoms. The molecule has 7 heteroatoms. The third-order valence-electron chi connectivity index (χ3n) is 2.43. The van der Waals surface area contributed by atoms with E-state index in [0.717, 1.165) is 11.3 Å². The van der Waals surface area contributed by atoms with Gasteiger partial charge in [0.2, 0.25) is 0 Å². The lowest BCUT2D eigenvalue weighted by atomic mass is 10.2. The topological polar surface area (TPSA) is 98.2 Å². The Morgan fingerprint density at radius 1 is 1.19 bits per heavy atom. The molecule has 2 rings (SSSR count). The number of hydrogen-bond acceptors (Lipinski definition) is 3. The molecular formula is C14H10ClN3O2S. The Labute approximate surface area is 129 Å². The van der Waals surface area contributed by atoms with E-state index in [0.29, 0.717) is 15.5 Å². The molecule has 0 unspecified atom stereocenters. The molecular weight excluding hydrogens is 310 g/mol. The van der Waals surface area contributed by atoms with Gasteiger partial charge in [-0.3, -0.25) is 10.1 Å². The molecule has 1 aromatic carbocycles. The van der Waals surface area contributed by atoms with Gasteiger partial charge in [-0.25, -0.2) is 4.79 Å². The van der Waals surface area contributed by atoms with Crippen LogP contribution in [0, 0.1) is 11.8 Å². The number of urea groups is 1. The van der Waals surface area contributed by atoms with Crippen molar-refractivity contribution in [3.63, 3.8) is 0 Å². The molecule has 1 heterocycles. The van der Waals surface area contributed by atoms with Crippen LogP contribution >= 0.6 is 22.9 Å². The van der Waals surface area contributed by atoms with Gasteiger partial charge in [-0.2, -0.15) is 0 Å². The molecule has 0 saturated carbocycles. The number of primary amides is 2. The Morgan fingerprint density at radius 2 is 1.90 bits per heavy atom. The van der Waals surface area contributed by atoms with Crippen LogP contribution in [0.4, 0.5) is 9.80 Å². The van der Waals surface area contributed by atoms with Crippen molar-refractivity contribution in [1.82, 2.24) is 0 Å². The van der Waals surface area contributed by atoms with Crippen molar-refractivity contribution in [2.24, 2.45) is 11.5 Å². The summed E-state index contributed by atoms with van der Waals surface area (Å²) in [4.78, 5) is 22.8. The first-order valence-corrected chi connectivity index (χ1v) is 6.93. The van der Waals surface area contributed by atoms with Gasteiger partial charge in [-0.15, -0.1) is 11.3 Å². The molecule has 1 aromatic heterocycles. The third-order valence-corrected chi connectivity index (χ3v) is 3.72. The largest absolute Gasteiger partial charge is 0.366 e. The normalized spacial score (nSPS) is 9.57. The van der Waals surface area contributed by atoms with E-state index in [2.05, 4.69) is 17.2 Å². The molecule has 0 radical (unpaired) electrons. The van der Waals surface area contributed by atoms with E-state index in [4.69, 9.17) is 23.1 Å². The summed E-state index contributed by atoms with van der Waals surface area (Å²) in [5.74, 6) is 5.10. The molecule has 5 nitrogen and oxygen atoms in total. The molecule has 0 aliphatic carbocycles. The Balaban J connectivity index is 2.36. The predicted molar refractivity (Wildman–Crippen MR) is 83.5 cm³/mol. The maximum atomic E-state index is 11.3.